The molecule has 0 unspecified atom stereocenters. The van der Waals surface area contributed by atoms with Crippen molar-refractivity contribution >= 4 is 28.4 Å². The van der Waals surface area contributed by atoms with Gasteiger partial charge in [0.15, 0.2) is 5.78 Å². The van der Waals surface area contributed by atoms with Crippen molar-refractivity contribution in [3.8, 4) is 0 Å². The number of rotatable bonds is 4. The quantitative estimate of drug-likeness (QED) is 0.582. The van der Waals surface area contributed by atoms with Crippen LogP contribution in [0.3, 0.4) is 0 Å². The molecular formula is C15H14N2OS. The molecule has 0 spiro atoms. The van der Waals surface area contributed by atoms with E-state index in [-0.39, 0.29) is 5.78 Å². The molecule has 0 aliphatic carbocycles. The van der Waals surface area contributed by atoms with Crippen LogP contribution in [-0.2, 0) is 7.05 Å². The Kier molecular flexibility index (Phi) is 3.17. The summed E-state index contributed by atoms with van der Waals surface area (Å²) in [7, 11) is 1.92. The minimum Gasteiger partial charge on any atom is -0.357 e. The maximum Gasteiger partial charge on any atom is 0.174 e. The smallest absolute Gasteiger partial charge is 0.174 e. The van der Waals surface area contributed by atoms with Crippen LogP contribution in [0, 0.1) is 0 Å². The molecule has 0 bridgehead atoms. The number of hydrogen-bond donors (Lipinski definition) is 1. The van der Waals surface area contributed by atoms with E-state index in [9.17, 15) is 4.79 Å². The molecule has 2 aromatic heterocycles. The van der Waals surface area contributed by atoms with E-state index in [2.05, 4.69) is 17.1 Å². The van der Waals surface area contributed by atoms with Gasteiger partial charge >= 0.3 is 0 Å². The Hall–Kier alpha value is -1.94. The summed E-state index contributed by atoms with van der Waals surface area (Å²) in [6.45, 7) is 0. The molecule has 3 rings (SSSR count). The fourth-order valence-corrected chi connectivity index (χ4v) is 2.87. The Balaban J connectivity index is 1.70. The van der Waals surface area contributed by atoms with Crippen LogP contribution < -0.4 is 0 Å². The van der Waals surface area contributed by atoms with Gasteiger partial charge in [-0.05, 0) is 18.2 Å². The zero-order valence-electron chi connectivity index (χ0n) is 10.6. The Labute approximate surface area is 115 Å². The summed E-state index contributed by atoms with van der Waals surface area (Å²) >= 11 is 1.54. The van der Waals surface area contributed by atoms with Crippen LogP contribution >= 0.6 is 11.8 Å². The molecular weight excluding hydrogens is 256 g/mol. The number of aromatic amines is 1. The summed E-state index contributed by atoms with van der Waals surface area (Å²) in [6, 6.07) is 12.1. The minimum absolute atomic E-state index is 0.157. The normalized spacial score (nSPS) is 11.0. The van der Waals surface area contributed by atoms with E-state index in [1.54, 1.807) is 11.8 Å². The second kappa shape index (κ2) is 4.97. The lowest BCUT2D eigenvalue weighted by Crippen LogP contribution is -2.00. The first-order valence-electron chi connectivity index (χ1n) is 6.08. The van der Waals surface area contributed by atoms with Gasteiger partial charge in [-0.15, -0.1) is 11.8 Å². The summed E-state index contributed by atoms with van der Waals surface area (Å²) in [6.07, 6.45) is 3.74. The molecule has 0 fully saturated rings. The van der Waals surface area contributed by atoms with Gasteiger partial charge in [0.2, 0.25) is 0 Å². The number of fused-ring (bicyclic) bond motifs is 1. The van der Waals surface area contributed by atoms with E-state index < -0.39 is 0 Å². The standard InChI is InChI=1S/C15H14N2OS/c1-17-7-6-12(9-17)14(18)10-19-15-8-11-4-2-3-5-13(11)16-15/h2-9,16H,10H2,1H3. The third kappa shape index (κ3) is 2.58. The maximum absolute atomic E-state index is 12.0. The van der Waals surface area contributed by atoms with Crippen LogP contribution in [0.4, 0.5) is 0 Å². The van der Waals surface area contributed by atoms with E-state index in [0.717, 1.165) is 16.1 Å². The van der Waals surface area contributed by atoms with E-state index >= 15 is 0 Å². The van der Waals surface area contributed by atoms with E-state index in [4.69, 9.17) is 0 Å². The van der Waals surface area contributed by atoms with Crippen molar-refractivity contribution in [3.63, 3.8) is 0 Å². The van der Waals surface area contributed by atoms with E-state index in [1.807, 2.05) is 48.3 Å². The number of nitrogens with one attached hydrogen (secondary N) is 1. The SMILES string of the molecule is Cn1ccc(C(=O)CSc2cc3ccccc3[nH]2)c1. The Morgan fingerprint density at radius 3 is 2.89 bits per heavy atom. The summed E-state index contributed by atoms with van der Waals surface area (Å²) in [5, 5.41) is 2.21. The number of Topliss-reactive ketones (excluding diaryl/α,β-unsaturated/α-hetero) is 1. The molecule has 1 N–H and O–H groups in total. The Bertz CT molecular complexity index is 693. The summed E-state index contributed by atoms with van der Waals surface area (Å²) in [5.41, 5.74) is 1.88. The van der Waals surface area contributed by atoms with Gasteiger partial charge in [0.1, 0.15) is 0 Å². The highest BCUT2D eigenvalue weighted by Crippen LogP contribution is 2.23. The van der Waals surface area contributed by atoms with Crippen molar-refractivity contribution in [1.82, 2.24) is 9.55 Å². The van der Waals surface area contributed by atoms with Gasteiger partial charge in [-0.25, -0.2) is 0 Å². The lowest BCUT2D eigenvalue weighted by molar-refractivity contribution is 0.102. The van der Waals surface area contributed by atoms with Crippen LogP contribution in [0.2, 0.25) is 0 Å². The lowest BCUT2D eigenvalue weighted by atomic mass is 10.2. The number of hydrogen-bond acceptors (Lipinski definition) is 2. The van der Waals surface area contributed by atoms with Crippen molar-refractivity contribution < 1.29 is 4.79 Å². The molecule has 19 heavy (non-hydrogen) atoms. The number of carbonyl (C=O) groups excluding carboxylic acids is 1. The molecule has 0 saturated carbocycles. The molecule has 3 nitrogen and oxygen atoms in total. The van der Waals surface area contributed by atoms with Gasteiger partial charge in [0, 0.05) is 35.9 Å². The van der Waals surface area contributed by atoms with Crippen LogP contribution in [0.5, 0.6) is 0 Å². The van der Waals surface area contributed by atoms with Gasteiger partial charge in [0.25, 0.3) is 0 Å². The summed E-state index contributed by atoms with van der Waals surface area (Å²) in [4.78, 5) is 15.3. The van der Waals surface area contributed by atoms with Crippen LogP contribution in [-0.4, -0.2) is 21.1 Å². The highest BCUT2D eigenvalue weighted by molar-refractivity contribution is 7.99. The number of H-pyrrole nitrogens is 1. The number of aromatic nitrogens is 2. The van der Waals surface area contributed by atoms with Gasteiger partial charge in [-0.3, -0.25) is 4.79 Å². The molecule has 96 valence electrons. The van der Waals surface area contributed by atoms with E-state index in [1.165, 1.54) is 5.39 Å². The fourth-order valence-electron chi connectivity index (χ4n) is 2.02. The number of benzene rings is 1. The topological polar surface area (TPSA) is 37.8 Å². The molecule has 1 aromatic carbocycles. The molecule has 4 heteroatoms. The van der Waals surface area contributed by atoms with Crippen molar-refractivity contribution in [1.29, 1.82) is 0 Å². The number of aryl methyl sites for hydroxylation is 1. The number of ketones is 1. The molecule has 0 aliphatic rings. The Morgan fingerprint density at radius 2 is 2.16 bits per heavy atom. The zero-order chi connectivity index (χ0) is 13.2. The minimum atomic E-state index is 0.157. The van der Waals surface area contributed by atoms with Crippen LogP contribution in [0.1, 0.15) is 10.4 Å². The first kappa shape index (κ1) is 12.1. The monoisotopic (exact) mass is 270 g/mol. The zero-order valence-corrected chi connectivity index (χ0v) is 11.4. The molecule has 0 aliphatic heterocycles. The number of thioether (sulfide) groups is 1. The third-order valence-electron chi connectivity index (χ3n) is 3.02. The van der Waals surface area contributed by atoms with Gasteiger partial charge in [0.05, 0.1) is 10.8 Å². The Morgan fingerprint density at radius 1 is 1.32 bits per heavy atom. The van der Waals surface area contributed by atoms with Gasteiger partial charge < -0.3 is 9.55 Å². The molecule has 0 radical (unpaired) electrons. The van der Waals surface area contributed by atoms with Crippen molar-refractivity contribution in [2.24, 2.45) is 7.05 Å². The van der Waals surface area contributed by atoms with Crippen molar-refractivity contribution in [2.45, 2.75) is 5.03 Å². The average molecular weight is 270 g/mol. The summed E-state index contributed by atoms with van der Waals surface area (Å²) < 4.78 is 1.89. The number of para-hydroxylation sites is 1. The second-order valence-electron chi connectivity index (χ2n) is 4.50. The first-order chi connectivity index (χ1) is 9.22. The predicted molar refractivity (Wildman–Crippen MR) is 78.8 cm³/mol. The van der Waals surface area contributed by atoms with Crippen LogP contribution in [0.15, 0.2) is 53.8 Å². The molecule has 3 aromatic rings. The number of nitrogens with zero attached hydrogens (tertiary/aromatic N) is 1. The molecule has 2 heterocycles. The second-order valence-corrected chi connectivity index (χ2v) is 5.52. The average Bonchev–Trinajstić information content (AvgIpc) is 3.01. The van der Waals surface area contributed by atoms with Crippen LogP contribution in [0.25, 0.3) is 10.9 Å². The molecule has 0 amide bonds. The highest BCUT2D eigenvalue weighted by Gasteiger charge is 2.09. The largest absolute Gasteiger partial charge is 0.357 e. The lowest BCUT2D eigenvalue weighted by Gasteiger charge is -1.96. The number of carbonyl (C=O) groups is 1. The van der Waals surface area contributed by atoms with Gasteiger partial charge in [-0.2, -0.15) is 0 Å². The maximum atomic E-state index is 12.0. The van der Waals surface area contributed by atoms with Crippen molar-refractivity contribution in [3.05, 3.63) is 54.4 Å². The van der Waals surface area contributed by atoms with Crippen molar-refractivity contribution in [2.75, 3.05) is 5.75 Å². The van der Waals surface area contributed by atoms with E-state index in [0.29, 0.717) is 5.75 Å². The van der Waals surface area contributed by atoms with Gasteiger partial charge in [-0.1, -0.05) is 18.2 Å². The molecule has 0 saturated heterocycles. The molecule has 0 atom stereocenters. The first-order valence-corrected chi connectivity index (χ1v) is 7.07. The predicted octanol–water partition coefficient (Wildman–Crippen LogP) is 3.48. The third-order valence-corrected chi connectivity index (χ3v) is 3.96. The highest BCUT2D eigenvalue weighted by atomic mass is 32.2. The summed E-state index contributed by atoms with van der Waals surface area (Å²) in [5.74, 6) is 0.612. The fraction of sp³-hybridized carbons (Fsp3) is 0.133.